The van der Waals surface area contributed by atoms with Crippen LogP contribution >= 0.6 is 23.4 Å². The van der Waals surface area contributed by atoms with E-state index in [4.69, 9.17) is 11.6 Å². The number of hydrogen-bond donors (Lipinski definition) is 0. The first kappa shape index (κ1) is 14.9. The maximum Gasteiger partial charge on any atom is 0.164 e. The second-order valence-electron chi connectivity index (χ2n) is 5.07. The zero-order valence-electron chi connectivity index (χ0n) is 11.3. The molecule has 0 N–H and O–H groups in total. The Bertz CT molecular complexity index is 685. The zero-order chi connectivity index (χ0) is 15.0. The van der Waals surface area contributed by atoms with Gasteiger partial charge < -0.3 is 4.90 Å². The van der Waals surface area contributed by atoms with Crippen LogP contribution in [0.15, 0.2) is 41.9 Å². The van der Waals surface area contributed by atoms with Crippen LogP contribution in [0.1, 0.15) is 0 Å². The first-order valence-corrected chi connectivity index (χ1v) is 9.75. The fourth-order valence-electron chi connectivity index (χ4n) is 2.67. The number of nitrogens with zero attached hydrogens (tertiary/aromatic N) is 2. The molecule has 0 unspecified atom stereocenters. The fraction of sp³-hybridized carbons (Fsp3) is 0.357. The summed E-state index contributed by atoms with van der Waals surface area (Å²) in [4.78, 5) is 6.64. The average molecular weight is 343 g/mol. The van der Waals surface area contributed by atoms with Gasteiger partial charge in [0.2, 0.25) is 0 Å². The van der Waals surface area contributed by atoms with Gasteiger partial charge >= 0.3 is 0 Å². The number of halogens is 1. The minimum absolute atomic E-state index is 0.108. The van der Waals surface area contributed by atoms with Crippen molar-refractivity contribution in [3.63, 3.8) is 0 Å². The topological polar surface area (TPSA) is 49.7 Å². The lowest BCUT2D eigenvalue weighted by Gasteiger charge is -2.26. The Kier molecular flexibility index (Phi) is 4.03. The molecule has 0 spiro atoms. The summed E-state index contributed by atoms with van der Waals surface area (Å²) in [5, 5.41) is 1.52. The Hall–Kier alpha value is -0.980. The molecule has 2 aliphatic heterocycles. The highest BCUT2D eigenvalue weighted by atomic mass is 35.5. The molecule has 0 amide bonds. The van der Waals surface area contributed by atoms with E-state index in [0.29, 0.717) is 5.02 Å². The largest absolute Gasteiger partial charge is 0.315 e. The van der Waals surface area contributed by atoms with E-state index in [1.165, 1.54) is 0 Å². The monoisotopic (exact) mass is 342 g/mol. The van der Waals surface area contributed by atoms with Gasteiger partial charge in [0.1, 0.15) is 0 Å². The smallest absolute Gasteiger partial charge is 0.164 e. The third-order valence-corrected chi connectivity index (χ3v) is 6.46. The molecule has 21 heavy (non-hydrogen) atoms. The van der Waals surface area contributed by atoms with Gasteiger partial charge in [-0.3, -0.25) is 4.99 Å². The van der Waals surface area contributed by atoms with E-state index in [2.05, 4.69) is 11.6 Å². The molecule has 2 aliphatic rings. The molecule has 112 valence electrons. The molecule has 1 fully saturated rings. The number of thioether (sulfide) groups is 1. The van der Waals surface area contributed by atoms with E-state index in [1.54, 1.807) is 11.8 Å². The molecule has 0 bridgehead atoms. The van der Waals surface area contributed by atoms with E-state index >= 15 is 0 Å². The van der Waals surface area contributed by atoms with Crippen LogP contribution in [0.4, 0.5) is 5.69 Å². The van der Waals surface area contributed by atoms with Gasteiger partial charge in [0, 0.05) is 16.5 Å². The van der Waals surface area contributed by atoms with Gasteiger partial charge in [-0.15, -0.1) is 6.58 Å². The highest BCUT2D eigenvalue weighted by Crippen LogP contribution is 2.35. The summed E-state index contributed by atoms with van der Waals surface area (Å²) in [6.45, 7) is 3.72. The van der Waals surface area contributed by atoms with Gasteiger partial charge in [0.05, 0.1) is 23.6 Å². The van der Waals surface area contributed by atoms with Gasteiger partial charge in [-0.1, -0.05) is 29.4 Å². The van der Waals surface area contributed by atoms with Crippen LogP contribution in [0.5, 0.6) is 0 Å². The lowest BCUT2D eigenvalue weighted by atomic mass is 10.1. The fourth-order valence-corrected chi connectivity index (χ4v) is 5.50. The maximum atomic E-state index is 11.9. The molecule has 1 saturated heterocycles. The van der Waals surface area contributed by atoms with Gasteiger partial charge in [-0.05, 0) is 24.3 Å². The molecule has 0 aliphatic carbocycles. The molecule has 0 aromatic heterocycles. The van der Waals surface area contributed by atoms with Crippen LogP contribution in [-0.4, -0.2) is 42.9 Å². The third-order valence-electron chi connectivity index (χ3n) is 3.54. The molecule has 0 saturated carbocycles. The third kappa shape index (κ3) is 2.98. The van der Waals surface area contributed by atoms with Crippen molar-refractivity contribution in [1.29, 1.82) is 0 Å². The van der Waals surface area contributed by atoms with Crippen LogP contribution < -0.4 is 4.90 Å². The lowest BCUT2D eigenvalue weighted by molar-refractivity contribution is 0.601. The first-order valence-electron chi connectivity index (χ1n) is 6.57. The van der Waals surface area contributed by atoms with Crippen LogP contribution in [-0.2, 0) is 9.84 Å². The molecule has 1 aromatic carbocycles. The van der Waals surface area contributed by atoms with Gasteiger partial charge in [-0.2, -0.15) is 0 Å². The van der Waals surface area contributed by atoms with E-state index in [1.807, 2.05) is 35.2 Å². The van der Waals surface area contributed by atoms with Crippen molar-refractivity contribution in [2.24, 2.45) is 4.99 Å². The number of sulfone groups is 1. The predicted octanol–water partition coefficient (Wildman–Crippen LogP) is 2.60. The number of anilines is 1. The lowest BCUT2D eigenvalue weighted by Crippen LogP contribution is -2.39. The first-order chi connectivity index (χ1) is 10.00. The molecule has 2 heterocycles. The van der Waals surface area contributed by atoms with Crippen LogP contribution in [0.25, 0.3) is 0 Å². The average Bonchev–Trinajstić information content (AvgIpc) is 2.89. The van der Waals surface area contributed by atoms with Crippen molar-refractivity contribution in [1.82, 2.24) is 0 Å². The molecule has 3 rings (SSSR count). The van der Waals surface area contributed by atoms with Gasteiger partial charge in [0.15, 0.2) is 15.0 Å². The van der Waals surface area contributed by atoms with Crippen LogP contribution in [0.3, 0.4) is 0 Å². The van der Waals surface area contributed by atoms with E-state index in [9.17, 15) is 8.42 Å². The Morgan fingerprint density at radius 2 is 2.10 bits per heavy atom. The van der Waals surface area contributed by atoms with Crippen molar-refractivity contribution >= 4 is 44.1 Å². The number of hydrogen-bond acceptors (Lipinski definition) is 5. The Morgan fingerprint density at radius 3 is 2.76 bits per heavy atom. The maximum absolute atomic E-state index is 11.9. The summed E-state index contributed by atoms with van der Waals surface area (Å²) in [6, 6.07) is 7.15. The van der Waals surface area contributed by atoms with Crippen molar-refractivity contribution in [2.75, 3.05) is 22.2 Å². The highest BCUT2D eigenvalue weighted by Gasteiger charge is 2.46. The highest BCUT2D eigenvalue weighted by molar-refractivity contribution is 8.14. The Labute approximate surface area is 133 Å². The number of benzene rings is 1. The minimum Gasteiger partial charge on any atom is -0.315 e. The normalized spacial score (nSPS) is 26.5. The summed E-state index contributed by atoms with van der Waals surface area (Å²) in [6.07, 6.45) is 1.82. The number of fused-ring (bicyclic) bond motifs is 1. The summed E-state index contributed by atoms with van der Waals surface area (Å²) in [5.41, 5.74) is 0.930. The van der Waals surface area contributed by atoms with Crippen LogP contribution in [0.2, 0.25) is 5.02 Å². The van der Waals surface area contributed by atoms with Gasteiger partial charge in [-0.25, -0.2) is 8.42 Å². The zero-order valence-corrected chi connectivity index (χ0v) is 13.7. The van der Waals surface area contributed by atoms with Crippen molar-refractivity contribution in [2.45, 2.75) is 12.1 Å². The Morgan fingerprint density at radius 1 is 1.38 bits per heavy atom. The second kappa shape index (κ2) is 5.66. The molecule has 7 heteroatoms. The van der Waals surface area contributed by atoms with E-state index < -0.39 is 9.84 Å². The van der Waals surface area contributed by atoms with Gasteiger partial charge in [0.25, 0.3) is 0 Å². The quantitative estimate of drug-likeness (QED) is 0.792. The number of aliphatic imine (C=N–C) groups is 1. The van der Waals surface area contributed by atoms with Crippen LogP contribution in [0, 0.1) is 0 Å². The standard InChI is InChI=1S/C14H15ClN2O2S2/c1-2-7-20-14-16-12-8-21(18,19)9-13(12)17(14)11-5-3-10(15)4-6-11/h2-6,12-13H,1,7-9H2/t12-,13+/m0/s1. The van der Waals surface area contributed by atoms with E-state index in [0.717, 1.165) is 16.6 Å². The summed E-state index contributed by atoms with van der Waals surface area (Å²) >= 11 is 7.51. The van der Waals surface area contributed by atoms with Crippen molar-refractivity contribution in [3.05, 3.63) is 41.9 Å². The van der Waals surface area contributed by atoms with E-state index in [-0.39, 0.29) is 23.6 Å². The molecular weight excluding hydrogens is 328 g/mol. The Balaban J connectivity index is 1.95. The minimum atomic E-state index is -3.00. The van der Waals surface area contributed by atoms with Crippen molar-refractivity contribution < 1.29 is 8.42 Å². The number of rotatable bonds is 3. The number of amidine groups is 1. The summed E-state index contributed by atoms with van der Waals surface area (Å²) in [7, 11) is -3.00. The summed E-state index contributed by atoms with van der Waals surface area (Å²) < 4.78 is 23.7. The molecule has 4 nitrogen and oxygen atoms in total. The molecule has 1 aromatic rings. The molecular formula is C14H15ClN2O2S2. The molecule has 2 atom stereocenters. The summed E-state index contributed by atoms with van der Waals surface area (Å²) in [5.74, 6) is 1.04. The predicted molar refractivity (Wildman–Crippen MR) is 90.3 cm³/mol. The second-order valence-corrected chi connectivity index (χ2v) is 8.65. The molecule has 0 radical (unpaired) electrons. The van der Waals surface area contributed by atoms with Crippen molar-refractivity contribution in [3.8, 4) is 0 Å². The SMILES string of the molecule is C=CCSC1=N[C@H]2CS(=O)(=O)C[C@H]2N1c1ccc(Cl)cc1.